The first-order valence-electron chi connectivity index (χ1n) is 7.28. The Labute approximate surface area is 142 Å². The van der Waals surface area contributed by atoms with Crippen LogP contribution in [0.1, 0.15) is 24.0 Å². The highest BCUT2D eigenvalue weighted by molar-refractivity contribution is 6.05. The van der Waals surface area contributed by atoms with Crippen molar-refractivity contribution in [2.24, 2.45) is 10.7 Å². The molecule has 0 radical (unpaired) electrons. The minimum atomic E-state index is -0.470. The van der Waals surface area contributed by atoms with Crippen molar-refractivity contribution in [2.45, 2.75) is 26.7 Å². The Kier molecular flexibility index (Phi) is 6.84. The first-order valence-corrected chi connectivity index (χ1v) is 7.28. The summed E-state index contributed by atoms with van der Waals surface area (Å²) in [6, 6.07) is 5.27. The number of likely N-dealkylation sites (tertiary alicyclic amines) is 1. The number of nitrogens with one attached hydrogen (secondary N) is 3. The minimum absolute atomic E-state index is 0. The van der Waals surface area contributed by atoms with Crippen molar-refractivity contribution >= 4 is 36.0 Å². The van der Waals surface area contributed by atoms with E-state index in [4.69, 9.17) is 11.1 Å². The number of aryl methyl sites for hydroxylation is 2. The largest absolute Gasteiger partial charge is 0.369 e. The number of carbonyl (C=O) groups excluding carboxylic acids is 1. The second-order valence-corrected chi connectivity index (χ2v) is 5.41. The van der Waals surface area contributed by atoms with E-state index in [9.17, 15) is 4.79 Å². The average molecular weight is 339 g/mol. The molecular formula is C15H23ClN6O. The zero-order valence-corrected chi connectivity index (χ0v) is 14.2. The molecule has 0 aliphatic carbocycles. The van der Waals surface area contributed by atoms with E-state index in [1.54, 1.807) is 0 Å². The molecule has 23 heavy (non-hydrogen) atoms. The maximum Gasteiger partial charge on any atom is 0.326 e. The molecule has 2 rings (SSSR count). The van der Waals surface area contributed by atoms with Gasteiger partial charge in [-0.25, -0.2) is 4.79 Å². The summed E-state index contributed by atoms with van der Waals surface area (Å²) in [5.74, 6) is 0.000909. The fourth-order valence-electron chi connectivity index (χ4n) is 2.37. The van der Waals surface area contributed by atoms with E-state index in [2.05, 4.69) is 15.6 Å². The number of benzene rings is 1. The lowest BCUT2D eigenvalue weighted by Crippen LogP contribution is -2.41. The summed E-state index contributed by atoms with van der Waals surface area (Å²) in [5.41, 5.74) is 8.48. The van der Waals surface area contributed by atoms with Gasteiger partial charge in [0.25, 0.3) is 0 Å². The molecule has 0 bridgehead atoms. The molecule has 1 saturated heterocycles. The molecular weight excluding hydrogens is 316 g/mol. The molecule has 0 unspecified atom stereocenters. The van der Waals surface area contributed by atoms with E-state index in [1.165, 1.54) is 0 Å². The fraction of sp³-hybridized carbons (Fsp3) is 0.400. The summed E-state index contributed by atoms with van der Waals surface area (Å²) in [5, 5.41) is 13.0. The lowest BCUT2D eigenvalue weighted by molar-refractivity contribution is 0.256. The standard InChI is InChI=1S/C15H22N6O.ClH/c1-10-5-6-12(11(2)9-10)18-15(22)20-13(16)19-14(17)21-7-3-4-8-21;/h5-6,9H,3-4,7-8H2,1-2H3,(H5,16,17,18,19,20,22);1H. The smallest absolute Gasteiger partial charge is 0.326 e. The molecule has 1 aliphatic rings. The van der Waals surface area contributed by atoms with E-state index in [-0.39, 0.29) is 24.3 Å². The summed E-state index contributed by atoms with van der Waals surface area (Å²) < 4.78 is 0. The van der Waals surface area contributed by atoms with Gasteiger partial charge in [-0.1, -0.05) is 17.7 Å². The molecule has 1 heterocycles. The lowest BCUT2D eigenvalue weighted by atomic mass is 10.1. The van der Waals surface area contributed by atoms with Crippen molar-refractivity contribution < 1.29 is 4.79 Å². The van der Waals surface area contributed by atoms with Crippen molar-refractivity contribution in [3.05, 3.63) is 29.3 Å². The number of amides is 2. The second kappa shape index (κ2) is 8.38. The highest BCUT2D eigenvalue weighted by Crippen LogP contribution is 2.15. The third-order valence-corrected chi connectivity index (χ3v) is 3.50. The van der Waals surface area contributed by atoms with Gasteiger partial charge in [0.15, 0.2) is 0 Å². The first-order chi connectivity index (χ1) is 10.5. The van der Waals surface area contributed by atoms with Crippen LogP contribution < -0.4 is 16.4 Å². The van der Waals surface area contributed by atoms with Gasteiger partial charge in [-0.2, -0.15) is 4.99 Å². The van der Waals surface area contributed by atoms with Crippen LogP contribution in [0.25, 0.3) is 0 Å². The van der Waals surface area contributed by atoms with E-state index in [0.29, 0.717) is 5.69 Å². The maximum atomic E-state index is 11.9. The highest BCUT2D eigenvalue weighted by Gasteiger charge is 2.15. The van der Waals surface area contributed by atoms with Gasteiger partial charge in [-0.15, -0.1) is 12.4 Å². The van der Waals surface area contributed by atoms with Crippen molar-refractivity contribution in [3.8, 4) is 0 Å². The molecule has 5 N–H and O–H groups in total. The van der Waals surface area contributed by atoms with Crippen LogP contribution >= 0.6 is 12.4 Å². The topological polar surface area (TPSA) is 107 Å². The number of nitrogens with two attached hydrogens (primary N) is 1. The number of nitrogens with zero attached hydrogens (tertiary/aromatic N) is 2. The molecule has 1 aliphatic heterocycles. The number of hydrogen-bond donors (Lipinski definition) is 4. The summed E-state index contributed by atoms with van der Waals surface area (Å²) in [7, 11) is 0. The van der Waals surface area contributed by atoms with Crippen molar-refractivity contribution in [2.75, 3.05) is 18.4 Å². The van der Waals surface area contributed by atoms with Crippen molar-refractivity contribution in [1.82, 2.24) is 10.2 Å². The van der Waals surface area contributed by atoms with Crippen LogP contribution in [0.2, 0.25) is 0 Å². The van der Waals surface area contributed by atoms with Gasteiger partial charge in [-0.3, -0.25) is 10.7 Å². The fourth-order valence-corrected chi connectivity index (χ4v) is 2.37. The van der Waals surface area contributed by atoms with Crippen LogP contribution in [-0.2, 0) is 0 Å². The van der Waals surface area contributed by atoms with E-state index < -0.39 is 6.03 Å². The van der Waals surface area contributed by atoms with Crippen LogP contribution in [0, 0.1) is 19.3 Å². The zero-order chi connectivity index (χ0) is 16.1. The van der Waals surface area contributed by atoms with Gasteiger partial charge in [0.1, 0.15) is 0 Å². The lowest BCUT2D eigenvalue weighted by Gasteiger charge is -2.15. The number of urea groups is 1. The zero-order valence-electron chi connectivity index (χ0n) is 13.3. The van der Waals surface area contributed by atoms with Crippen LogP contribution in [0.5, 0.6) is 0 Å². The van der Waals surface area contributed by atoms with Gasteiger partial charge >= 0.3 is 6.03 Å². The molecule has 1 fully saturated rings. The van der Waals surface area contributed by atoms with Gasteiger partial charge in [-0.05, 0) is 38.3 Å². The number of rotatable bonds is 1. The SMILES string of the molecule is Cc1ccc(NC(=O)N/C(N)=N/C(=N)N2CCCC2)c(C)c1.Cl. The van der Waals surface area contributed by atoms with E-state index in [1.807, 2.05) is 36.9 Å². The Hall–Kier alpha value is -2.28. The molecule has 0 saturated carbocycles. The predicted molar refractivity (Wildman–Crippen MR) is 95.5 cm³/mol. The average Bonchev–Trinajstić information content (AvgIpc) is 2.95. The van der Waals surface area contributed by atoms with Crippen molar-refractivity contribution in [3.63, 3.8) is 0 Å². The molecule has 1 aromatic carbocycles. The summed E-state index contributed by atoms with van der Waals surface area (Å²) in [4.78, 5) is 17.6. The molecule has 0 aromatic heterocycles. The quantitative estimate of drug-likeness (QED) is 0.465. The number of carbonyl (C=O) groups is 1. The Bertz CT molecular complexity index is 610. The van der Waals surface area contributed by atoms with Crippen molar-refractivity contribution in [1.29, 1.82) is 5.41 Å². The van der Waals surface area contributed by atoms with Crippen LogP contribution in [0.15, 0.2) is 23.2 Å². The Morgan fingerprint density at radius 1 is 1.30 bits per heavy atom. The number of hydrogen-bond acceptors (Lipinski definition) is 2. The van der Waals surface area contributed by atoms with Crippen LogP contribution in [0.3, 0.4) is 0 Å². The Morgan fingerprint density at radius 3 is 2.57 bits per heavy atom. The predicted octanol–water partition coefficient (Wildman–Crippen LogP) is 2.19. The third kappa shape index (κ3) is 5.45. The number of guanidine groups is 2. The monoisotopic (exact) mass is 338 g/mol. The Balaban J connectivity index is 0.00000264. The number of anilines is 1. The molecule has 8 heteroatoms. The van der Waals surface area contributed by atoms with E-state index in [0.717, 1.165) is 37.1 Å². The highest BCUT2D eigenvalue weighted by atomic mass is 35.5. The third-order valence-electron chi connectivity index (χ3n) is 3.50. The molecule has 2 amide bonds. The second-order valence-electron chi connectivity index (χ2n) is 5.41. The van der Waals surface area contributed by atoms with Gasteiger partial charge in [0, 0.05) is 18.8 Å². The van der Waals surface area contributed by atoms with Gasteiger partial charge < -0.3 is 16.0 Å². The summed E-state index contributed by atoms with van der Waals surface area (Å²) in [6.07, 6.45) is 2.11. The van der Waals surface area contributed by atoms with Gasteiger partial charge in [0.2, 0.25) is 11.9 Å². The molecule has 7 nitrogen and oxygen atoms in total. The van der Waals surface area contributed by atoms with Crippen LogP contribution in [-0.4, -0.2) is 35.9 Å². The number of halogens is 1. The molecule has 126 valence electrons. The maximum absolute atomic E-state index is 11.9. The summed E-state index contributed by atoms with van der Waals surface area (Å²) >= 11 is 0. The van der Waals surface area contributed by atoms with Gasteiger partial charge in [0.05, 0.1) is 0 Å². The Morgan fingerprint density at radius 2 is 1.96 bits per heavy atom. The first kappa shape index (κ1) is 18.8. The summed E-state index contributed by atoms with van der Waals surface area (Å²) in [6.45, 7) is 5.53. The minimum Gasteiger partial charge on any atom is -0.369 e. The number of aliphatic imine (C=N–C) groups is 1. The van der Waals surface area contributed by atoms with E-state index >= 15 is 0 Å². The molecule has 0 atom stereocenters. The van der Waals surface area contributed by atoms with Crippen LogP contribution in [0.4, 0.5) is 10.5 Å². The normalized spacial score (nSPS) is 14.2. The molecule has 0 spiro atoms. The molecule has 1 aromatic rings.